The average Bonchev–Trinajstić information content (AvgIpc) is 2.91. The van der Waals surface area contributed by atoms with Crippen molar-refractivity contribution in [1.82, 2.24) is 5.43 Å². The number of fused-ring (bicyclic) bond motifs is 1. The van der Waals surface area contributed by atoms with E-state index in [2.05, 4.69) is 5.43 Å². The third-order valence-corrected chi connectivity index (χ3v) is 3.83. The Balaban J connectivity index is 1.81. The van der Waals surface area contributed by atoms with Crippen molar-refractivity contribution < 1.29 is 13.5 Å². The molecule has 3 N–H and O–H groups in total. The van der Waals surface area contributed by atoms with Gasteiger partial charge in [0.15, 0.2) is 11.4 Å². The minimum atomic E-state index is -0.349. The number of nitrogens with one attached hydrogen (secondary N) is 1. The Morgan fingerprint density at radius 1 is 1.40 bits per heavy atom. The molecule has 3 rings (SSSR count). The molecule has 0 bridgehead atoms. The molecule has 2 heterocycles. The summed E-state index contributed by atoms with van der Waals surface area (Å²) in [5.74, 6) is 5.93. The van der Waals surface area contributed by atoms with Gasteiger partial charge in [0.2, 0.25) is 0 Å². The Bertz CT molecular complexity index is 578. The number of para-hydroxylation sites is 1. The summed E-state index contributed by atoms with van der Waals surface area (Å²) in [7, 11) is 0. The molecule has 0 saturated carbocycles. The maximum absolute atomic E-state index is 13.7. The van der Waals surface area contributed by atoms with E-state index in [4.69, 9.17) is 15.0 Å². The van der Waals surface area contributed by atoms with Crippen molar-refractivity contribution in [3.8, 4) is 0 Å². The molecule has 1 aromatic heterocycles. The largest absolute Gasteiger partial charge is 0.456 e. The highest BCUT2D eigenvalue weighted by Crippen LogP contribution is 2.29. The molecule has 1 aliphatic rings. The fourth-order valence-electron chi connectivity index (χ4n) is 2.74. The zero-order valence-electron chi connectivity index (χ0n) is 11.3. The molecule has 20 heavy (non-hydrogen) atoms. The van der Waals surface area contributed by atoms with Gasteiger partial charge in [-0.3, -0.25) is 5.84 Å². The van der Waals surface area contributed by atoms with Crippen LogP contribution < -0.4 is 11.3 Å². The molecule has 2 unspecified atom stereocenters. The molecular formula is C15H19FN2O2. The zero-order valence-corrected chi connectivity index (χ0v) is 11.3. The Morgan fingerprint density at radius 2 is 2.30 bits per heavy atom. The molecule has 0 amide bonds. The molecule has 0 spiro atoms. The number of rotatable bonds is 4. The number of hydrogen-bond acceptors (Lipinski definition) is 4. The van der Waals surface area contributed by atoms with E-state index in [9.17, 15) is 4.39 Å². The van der Waals surface area contributed by atoms with Crippen molar-refractivity contribution in [2.75, 3.05) is 6.61 Å². The number of benzene rings is 1. The second kappa shape index (κ2) is 5.91. The van der Waals surface area contributed by atoms with Gasteiger partial charge in [-0.2, -0.15) is 0 Å². The molecule has 0 aliphatic carbocycles. The van der Waals surface area contributed by atoms with Crippen molar-refractivity contribution >= 4 is 11.0 Å². The number of furan rings is 1. The van der Waals surface area contributed by atoms with Gasteiger partial charge in [0.05, 0.1) is 12.1 Å². The van der Waals surface area contributed by atoms with Crippen LogP contribution in [0, 0.1) is 5.82 Å². The van der Waals surface area contributed by atoms with Gasteiger partial charge in [-0.05, 0) is 37.8 Å². The van der Waals surface area contributed by atoms with E-state index in [-0.39, 0.29) is 23.5 Å². The maximum Gasteiger partial charge on any atom is 0.169 e. The fourth-order valence-corrected chi connectivity index (χ4v) is 2.74. The summed E-state index contributed by atoms with van der Waals surface area (Å²) in [5.41, 5.74) is 3.03. The van der Waals surface area contributed by atoms with Crippen molar-refractivity contribution in [1.29, 1.82) is 0 Å². The third-order valence-electron chi connectivity index (χ3n) is 3.83. The highest BCUT2D eigenvalue weighted by Gasteiger charge is 2.23. The molecule has 1 fully saturated rings. The second-order valence-electron chi connectivity index (χ2n) is 5.25. The summed E-state index contributed by atoms with van der Waals surface area (Å²) >= 11 is 0. The van der Waals surface area contributed by atoms with E-state index >= 15 is 0 Å². The van der Waals surface area contributed by atoms with Gasteiger partial charge in [0.25, 0.3) is 0 Å². The van der Waals surface area contributed by atoms with Crippen LogP contribution in [0.15, 0.2) is 28.7 Å². The molecule has 2 aromatic rings. The van der Waals surface area contributed by atoms with Gasteiger partial charge < -0.3 is 9.15 Å². The molecule has 5 heteroatoms. The van der Waals surface area contributed by atoms with E-state index < -0.39 is 0 Å². The second-order valence-corrected chi connectivity index (χ2v) is 5.25. The van der Waals surface area contributed by atoms with Crippen LogP contribution >= 0.6 is 0 Å². The lowest BCUT2D eigenvalue weighted by Crippen LogP contribution is -2.32. The Labute approximate surface area is 117 Å². The minimum Gasteiger partial charge on any atom is -0.456 e. The average molecular weight is 278 g/mol. The standard InChI is InChI=1S/C15H19FN2O2/c16-12-6-3-4-10-8-14(20-15(10)12)13(18-17)9-11-5-1-2-7-19-11/h3-4,6,8,11,13,18H,1-2,5,7,9,17H2. The molecule has 1 aromatic carbocycles. The normalized spacial score (nSPS) is 21.2. The number of ether oxygens (including phenoxy) is 1. The summed E-state index contributed by atoms with van der Waals surface area (Å²) in [6.45, 7) is 0.802. The number of halogens is 1. The third kappa shape index (κ3) is 2.70. The SMILES string of the molecule is NNC(CC1CCCCO1)c1cc2cccc(F)c2o1. The van der Waals surface area contributed by atoms with Gasteiger partial charge in [0.1, 0.15) is 5.76 Å². The Hall–Kier alpha value is -1.43. The van der Waals surface area contributed by atoms with Gasteiger partial charge in [-0.15, -0.1) is 0 Å². The van der Waals surface area contributed by atoms with E-state index in [1.54, 1.807) is 6.07 Å². The molecule has 108 valence electrons. The van der Waals surface area contributed by atoms with Crippen LogP contribution in [-0.2, 0) is 4.74 Å². The van der Waals surface area contributed by atoms with E-state index in [1.807, 2.05) is 12.1 Å². The van der Waals surface area contributed by atoms with E-state index in [0.29, 0.717) is 5.76 Å². The summed E-state index contributed by atoms with van der Waals surface area (Å²) in [4.78, 5) is 0. The first-order valence-corrected chi connectivity index (χ1v) is 7.03. The first-order valence-electron chi connectivity index (χ1n) is 7.03. The molecule has 2 atom stereocenters. The number of nitrogens with two attached hydrogens (primary N) is 1. The van der Waals surface area contributed by atoms with Crippen LogP contribution in [0.4, 0.5) is 4.39 Å². The summed E-state index contributed by atoms with van der Waals surface area (Å²) in [5, 5.41) is 0.754. The van der Waals surface area contributed by atoms with Crippen LogP contribution in [0.25, 0.3) is 11.0 Å². The van der Waals surface area contributed by atoms with Crippen LogP contribution in [0.2, 0.25) is 0 Å². The van der Waals surface area contributed by atoms with Crippen LogP contribution in [0.1, 0.15) is 37.5 Å². The van der Waals surface area contributed by atoms with Gasteiger partial charge >= 0.3 is 0 Å². The van der Waals surface area contributed by atoms with E-state index in [0.717, 1.165) is 31.3 Å². The lowest BCUT2D eigenvalue weighted by atomic mass is 10.0. The smallest absolute Gasteiger partial charge is 0.169 e. The van der Waals surface area contributed by atoms with Gasteiger partial charge in [0, 0.05) is 12.0 Å². The van der Waals surface area contributed by atoms with Crippen molar-refractivity contribution in [3.05, 3.63) is 35.8 Å². The predicted molar refractivity (Wildman–Crippen MR) is 74.4 cm³/mol. The highest BCUT2D eigenvalue weighted by molar-refractivity contribution is 5.78. The monoisotopic (exact) mass is 278 g/mol. The summed E-state index contributed by atoms with van der Waals surface area (Å²) < 4.78 is 25.0. The van der Waals surface area contributed by atoms with Crippen molar-refractivity contribution in [3.63, 3.8) is 0 Å². The van der Waals surface area contributed by atoms with Crippen LogP contribution in [-0.4, -0.2) is 12.7 Å². The van der Waals surface area contributed by atoms with Crippen molar-refractivity contribution in [2.24, 2.45) is 5.84 Å². The predicted octanol–water partition coefficient (Wildman–Crippen LogP) is 3.04. The Kier molecular flexibility index (Phi) is 4.00. The van der Waals surface area contributed by atoms with Crippen LogP contribution in [0.3, 0.4) is 0 Å². The summed E-state index contributed by atoms with van der Waals surface area (Å²) in [6.07, 6.45) is 4.25. The molecule has 0 radical (unpaired) electrons. The Morgan fingerprint density at radius 3 is 3.00 bits per heavy atom. The number of hydrazine groups is 1. The van der Waals surface area contributed by atoms with Gasteiger partial charge in [-0.1, -0.05) is 12.1 Å². The quantitative estimate of drug-likeness (QED) is 0.666. The molecule has 1 saturated heterocycles. The topological polar surface area (TPSA) is 60.4 Å². The molecular weight excluding hydrogens is 259 g/mol. The summed E-state index contributed by atoms with van der Waals surface area (Å²) in [6, 6.07) is 6.57. The maximum atomic E-state index is 13.7. The van der Waals surface area contributed by atoms with Crippen LogP contribution in [0.5, 0.6) is 0 Å². The van der Waals surface area contributed by atoms with Gasteiger partial charge in [-0.25, -0.2) is 9.82 Å². The first-order chi connectivity index (χ1) is 9.78. The van der Waals surface area contributed by atoms with E-state index in [1.165, 1.54) is 12.5 Å². The van der Waals surface area contributed by atoms with Crippen molar-refractivity contribution in [2.45, 2.75) is 37.8 Å². The highest BCUT2D eigenvalue weighted by atomic mass is 19.1. The molecule has 1 aliphatic heterocycles. The fraction of sp³-hybridized carbons (Fsp3) is 0.467. The lowest BCUT2D eigenvalue weighted by Gasteiger charge is -2.25. The molecule has 4 nitrogen and oxygen atoms in total. The minimum absolute atomic E-state index is 0.162. The first kappa shape index (κ1) is 13.5. The number of hydrogen-bond donors (Lipinski definition) is 2. The lowest BCUT2D eigenvalue weighted by molar-refractivity contribution is 0.00379. The zero-order chi connectivity index (χ0) is 13.9.